The van der Waals surface area contributed by atoms with Crippen molar-refractivity contribution in [2.75, 3.05) is 38.3 Å². The van der Waals surface area contributed by atoms with Crippen LogP contribution in [0.5, 0.6) is 0 Å². The Labute approximate surface area is 98.0 Å². The van der Waals surface area contributed by atoms with Gasteiger partial charge in [0.1, 0.15) is 5.82 Å². The maximum atomic E-state index is 8.96. The summed E-state index contributed by atoms with van der Waals surface area (Å²) in [7, 11) is 1.66. The third-order valence-electron chi connectivity index (χ3n) is 1.97. The molecule has 0 aromatic carbocycles. The van der Waals surface area contributed by atoms with Crippen molar-refractivity contribution in [1.29, 1.82) is 0 Å². The first-order valence-corrected chi connectivity index (χ1v) is 5.54. The summed E-state index contributed by atoms with van der Waals surface area (Å²) in [5.74, 6) is 0.837. The number of aliphatic hydroxyl groups is 1. The van der Waals surface area contributed by atoms with Gasteiger partial charge in [-0.1, -0.05) is 0 Å². The second-order valence-electron chi connectivity index (χ2n) is 3.01. The number of hydrogen-bond donors (Lipinski definition) is 1. The van der Waals surface area contributed by atoms with Crippen LogP contribution in [0.15, 0.2) is 22.8 Å². The van der Waals surface area contributed by atoms with Crippen LogP contribution in [0.1, 0.15) is 0 Å². The van der Waals surface area contributed by atoms with Crippen molar-refractivity contribution in [2.45, 2.75) is 0 Å². The van der Waals surface area contributed by atoms with Crippen LogP contribution >= 0.6 is 15.9 Å². The van der Waals surface area contributed by atoms with Crippen molar-refractivity contribution < 1.29 is 9.84 Å². The predicted octanol–water partition coefficient (Wildman–Crippen LogP) is 1.29. The molecule has 0 bridgehead atoms. The number of methoxy groups -OCH3 is 1. The molecule has 1 rings (SSSR count). The van der Waals surface area contributed by atoms with Crippen molar-refractivity contribution in [2.24, 2.45) is 0 Å². The Hall–Kier alpha value is -0.650. The molecule has 0 aliphatic carbocycles. The monoisotopic (exact) mass is 274 g/mol. The molecule has 1 aromatic rings. The van der Waals surface area contributed by atoms with Gasteiger partial charge in [0, 0.05) is 26.4 Å². The summed E-state index contributed by atoms with van der Waals surface area (Å²) in [5, 5.41) is 8.96. The number of aliphatic hydroxyl groups excluding tert-OH is 1. The standard InChI is InChI=1S/C10H15BrN2O2/c1-15-8-6-13(5-7-14)10-9(11)3-2-4-12-10/h2-4,14H,5-8H2,1H3. The van der Waals surface area contributed by atoms with Crippen molar-refractivity contribution in [1.82, 2.24) is 4.98 Å². The number of anilines is 1. The average molecular weight is 275 g/mol. The van der Waals surface area contributed by atoms with Gasteiger partial charge in [-0.3, -0.25) is 0 Å². The van der Waals surface area contributed by atoms with E-state index in [1.165, 1.54) is 0 Å². The zero-order valence-electron chi connectivity index (χ0n) is 8.69. The van der Waals surface area contributed by atoms with Gasteiger partial charge in [0.25, 0.3) is 0 Å². The van der Waals surface area contributed by atoms with Gasteiger partial charge in [-0.15, -0.1) is 0 Å². The van der Waals surface area contributed by atoms with E-state index in [4.69, 9.17) is 9.84 Å². The van der Waals surface area contributed by atoms with Crippen LogP contribution in [0.4, 0.5) is 5.82 Å². The van der Waals surface area contributed by atoms with E-state index in [1.807, 2.05) is 17.0 Å². The highest BCUT2D eigenvalue weighted by Gasteiger charge is 2.09. The molecule has 4 nitrogen and oxygen atoms in total. The highest BCUT2D eigenvalue weighted by Crippen LogP contribution is 2.22. The van der Waals surface area contributed by atoms with E-state index in [0.717, 1.165) is 10.3 Å². The quantitative estimate of drug-likeness (QED) is 0.849. The lowest BCUT2D eigenvalue weighted by Gasteiger charge is -2.23. The minimum atomic E-state index is 0.104. The number of rotatable bonds is 6. The van der Waals surface area contributed by atoms with E-state index in [0.29, 0.717) is 19.7 Å². The largest absolute Gasteiger partial charge is 0.395 e. The molecule has 0 spiro atoms. The Kier molecular flexibility index (Phi) is 5.60. The topological polar surface area (TPSA) is 45.6 Å². The summed E-state index contributed by atoms with van der Waals surface area (Å²) in [6.07, 6.45) is 1.73. The van der Waals surface area contributed by atoms with Gasteiger partial charge >= 0.3 is 0 Å². The maximum absolute atomic E-state index is 8.96. The molecule has 0 amide bonds. The molecule has 5 heteroatoms. The molecule has 0 fully saturated rings. The van der Waals surface area contributed by atoms with E-state index in [-0.39, 0.29) is 6.61 Å². The molecule has 15 heavy (non-hydrogen) atoms. The minimum Gasteiger partial charge on any atom is -0.395 e. The summed E-state index contributed by atoms with van der Waals surface area (Å²) < 4.78 is 5.94. The fourth-order valence-corrected chi connectivity index (χ4v) is 1.76. The summed E-state index contributed by atoms with van der Waals surface area (Å²) >= 11 is 3.43. The highest BCUT2D eigenvalue weighted by molar-refractivity contribution is 9.10. The first kappa shape index (κ1) is 12.4. The second kappa shape index (κ2) is 6.76. The Morgan fingerprint density at radius 2 is 2.33 bits per heavy atom. The van der Waals surface area contributed by atoms with Crippen LogP contribution in [0.25, 0.3) is 0 Å². The number of nitrogens with zero attached hydrogens (tertiary/aromatic N) is 2. The predicted molar refractivity (Wildman–Crippen MR) is 63.1 cm³/mol. The summed E-state index contributed by atoms with van der Waals surface area (Å²) in [6.45, 7) is 1.99. The van der Waals surface area contributed by atoms with Crippen molar-refractivity contribution in [3.05, 3.63) is 22.8 Å². The van der Waals surface area contributed by atoms with E-state index >= 15 is 0 Å². The Morgan fingerprint density at radius 1 is 1.53 bits per heavy atom. The number of ether oxygens (including phenoxy) is 1. The van der Waals surface area contributed by atoms with Crippen LogP contribution in [0, 0.1) is 0 Å². The normalized spacial score (nSPS) is 10.3. The van der Waals surface area contributed by atoms with Gasteiger partial charge < -0.3 is 14.7 Å². The van der Waals surface area contributed by atoms with Gasteiger partial charge in [-0.05, 0) is 28.1 Å². The summed E-state index contributed by atoms with van der Waals surface area (Å²) in [6, 6.07) is 3.79. The highest BCUT2D eigenvalue weighted by atomic mass is 79.9. The van der Waals surface area contributed by atoms with Crippen LogP contribution in [0.2, 0.25) is 0 Å². The third-order valence-corrected chi connectivity index (χ3v) is 2.59. The molecule has 0 saturated heterocycles. The molecular weight excluding hydrogens is 260 g/mol. The molecule has 0 atom stereocenters. The zero-order valence-corrected chi connectivity index (χ0v) is 10.3. The molecule has 1 heterocycles. The SMILES string of the molecule is COCCN(CCO)c1ncccc1Br. The van der Waals surface area contributed by atoms with Crippen molar-refractivity contribution in [3.63, 3.8) is 0 Å². The molecule has 0 aliphatic rings. The molecule has 0 unspecified atom stereocenters. The van der Waals surface area contributed by atoms with Gasteiger partial charge in [0.15, 0.2) is 0 Å². The molecule has 0 aliphatic heterocycles. The zero-order chi connectivity index (χ0) is 11.1. The fraction of sp³-hybridized carbons (Fsp3) is 0.500. The minimum absolute atomic E-state index is 0.104. The first-order valence-electron chi connectivity index (χ1n) is 4.75. The van der Waals surface area contributed by atoms with Gasteiger partial charge in [0.05, 0.1) is 17.7 Å². The Morgan fingerprint density at radius 3 is 2.93 bits per heavy atom. The summed E-state index contributed by atoms with van der Waals surface area (Å²) in [5.41, 5.74) is 0. The third kappa shape index (κ3) is 3.77. The van der Waals surface area contributed by atoms with Gasteiger partial charge in [-0.25, -0.2) is 4.98 Å². The lowest BCUT2D eigenvalue weighted by atomic mass is 10.4. The number of aromatic nitrogens is 1. The maximum Gasteiger partial charge on any atom is 0.143 e. The Bertz CT molecular complexity index is 297. The smallest absolute Gasteiger partial charge is 0.143 e. The van der Waals surface area contributed by atoms with Crippen LogP contribution in [0.3, 0.4) is 0 Å². The van der Waals surface area contributed by atoms with Gasteiger partial charge in [0.2, 0.25) is 0 Å². The van der Waals surface area contributed by atoms with E-state index in [2.05, 4.69) is 20.9 Å². The lowest BCUT2D eigenvalue weighted by Crippen LogP contribution is -2.31. The molecule has 1 N–H and O–H groups in total. The van der Waals surface area contributed by atoms with Crippen LogP contribution in [-0.2, 0) is 4.74 Å². The van der Waals surface area contributed by atoms with E-state index in [9.17, 15) is 0 Å². The molecule has 0 saturated carbocycles. The van der Waals surface area contributed by atoms with E-state index < -0.39 is 0 Å². The molecule has 84 valence electrons. The van der Waals surface area contributed by atoms with Crippen LogP contribution < -0.4 is 4.90 Å². The van der Waals surface area contributed by atoms with Crippen molar-refractivity contribution >= 4 is 21.7 Å². The second-order valence-corrected chi connectivity index (χ2v) is 3.87. The Balaban J connectivity index is 2.74. The molecule has 1 aromatic heterocycles. The average Bonchev–Trinajstić information content (AvgIpc) is 2.25. The number of hydrogen-bond acceptors (Lipinski definition) is 4. The molecular formula is C10H15BrN2O2. The molecule has 0 radical (unpaired) electrons. The number of halogens is 1. The lowest BCUT2D eigenvalue weighted by molar-refractivity contribution is 0.202. The van der Waals surface area contributed by atoms with E-state index in [1.54, 1.807) is 13.3 Å². The van der Waals surface area contributed by atoms with Gasteiger partial charge in [-0.2, -0.15) is 0 Å². The van der Waals surface area contributed by atoms with Crippen molar-refractivity contribution in [3.8, 4) is 0 Å². The summed E-state index contributed by atoms with van der Waals surface area (Å²) in [4.78, 5) is 6.24. The van der Waals surface area contributed by atoms with Crippen LogP contribution in [-0.4, -0.2) is 43.5 Å². The fourth-order valence-electron chi connectivity index (χ4n) is 1.26. The first-order chi connectivity index (χ1) is 7.29. The number of pyridine rings is 1.